The number of alkyl halides is 3. The molecule has 1 saturated carbocycles. The molecular weight excluding hydrogens is 434 g/mol. The van der Waals surface area contributed by atoms with Crippen LogP contribution in [0.4, 0.5) is 17.6 Å². The first-order valence-corrected chi connectivity index (χ1v) is 10.5. The van der Waals surface area contributed by atoms with Crippen molar-refractivity contribution in [3.05, 3.63) is 107 Å². The van der Waals surface area contributed by atoms with Crippen molar-refractivity contribution >= 4 is 11.6 Å². The lowest BCUT2D eigenvalue weighted by molar-refractivity contribution is -0.137. The summed E-state index contributed by atoms with van der Waals surface area (Å²) in [5, 5.41) is 3.09. The number of hydrogen-bond donors (Lipinski definition) is 1. The lowest BCUT2D eigenvalue weighted by Crippen LogP contribution is -2.35. The van der Waals surface area contributed by atoms with Gasteiger partial charge in [-0.1, -0.05) is 42.5 Å². The number of carbonyl (C=O) groups excluding carboxylic acids is 1. The van der Waals surface area contributed by atoms with Crippen molar-refractivity contribution in [3.8, 4) is 0 Å². The number of carbonyl (C=O) groups is 1. The molecule has 2 aromatic heterocycles. The fraction of sp³-hybridized carbons (Fsp3) is 0.200. The summed E-state index contributed by atoms with van der Waals surface area (Å²) in [7, 11) is 0. The number of hydrogen-bond acceptors (Lipinski definition) is 2. The van der Waals surface area contributed by atoms with Crippen molar-refractivity contribution in [2.75, 3.05) is 0 Å². The summed E-state index contributed by atoms with van der Waals surface area (Å²) in [6.07, 6.45) is -1.29. The first-order valence-electron chi connectivity index (χ1n) is 10.5. The molecule has 8 heteroatoms. The second-order valence-electron chi connectivity index (χ2n) is 8.28. The van der Waals surface area contributed by atoms with Crippen molar-refractivity contribution in [2.24, 2.45) is 0 Å². The highest BCUT2D eigenvalue weighted by molar-refractivity contribution is 5.94. The summed E-state index contributed by atoms with van der Waals surface area (Å²) in [4.78, 5) is 17.4. The molecule has 1 amide bonds. The maximum atomic E-state index is 14.2. The smallest absolute Gasteiger partial charge is 0.341 e. The third-order valence-electron chi connectivity index (χ3n) is 5.98. The van der Waals surface area contributed by atoms with E-state index in [1.54, 1.807) is 4.40 Å². The molecule has 1 aliphatic rings. The van der Waals surface area contributed by atoms with Crippen LogP contribution >= 0.6 is 0 Å². The molecule has 0 aliphatic heterocycles. The SMILES string of the molecule is O=C(NC1(c2ccccc2)CC1)c1cnc2cc(F)cc(Cc3ccc(C(F)(F)F)cc3)n12. The van der Waals surface area contributed by atoms with Gasteiger partial charge >= 0.3 is 6.18 Å². The van der Waals surface area contributed by atoms with Gasteiger partial charge in [-0.3, -0.25) is 9.20 Å². The number of aromatic nitrogens is 2. The maximum Gasteiger partial charge on any atom is 0.416 e. The third kappa shape index (κ3) is 4.08. The van der Waals surface area contributed by atoms with Crippen LogP contribution in [0.25, 0.3) is 5.65 Å². The molecular formula is C25H19F4N3O. The van der Waals surface area contributed by atoms with Gasteiger partial charge in [-0.2, -0.15) is 13.2 Å². The number of amides is 1. The van der Waals surface area contributed by atoms with E-state index >= 15 is 0 Å². The molecule has 4 aromatic rings. The first-order chi connectivity index (χ1) is 15.7. The minimum atomic E-state index is -4.43. The predicted octanol–water partition coefficient (Wildman–Crippen LogP) is 5.50. The van der Waals surface area contributed by atoms with E-state index in [1.165, 1.54) is 30.5 Å². The molecule has 5 rings (SSSR count). The number of rotatable bonds is 5. The molecule has 0 saturated heterocycles. The van der Waals surface area contributed by atoms with Crippen LogP contribution in [0.15, 0.2) is 72.9 Å². The van der Waals surface area contributed by atoms with Crippen molar-refractivity contribution in [3.63, 3.8) is 0 Å². The summed E-state index contributed by atoms with van der Waals surface area (Å²) >= 11 is 0. The lowest BCUT2D eigenvalue weighted by Gasteiger charge is -2.18. The van der Waals surface area contributed by atoms with Crippen LogP contribution in [0.1, 0.15) is 45.7 Å². The molecule has 1 aliphatic carbocycles. The molecule has 0 unspecified atom stereocenters. The van der Waals surface area contributed by atoms with E-state index in [0.29, 0.717) is 11.3 Å². The Hall–Kier alpha value is -3.68. The average molecular weight is 453 g/mol. The molecule has 33 heavy (non-hydrogen) atoms. The fourth-order valence-corrected chi connectivity index (χ4v) is 4.12. The maximum absolute atomic E-state index is 14.2. The molecule has 4 nitrogen and oxygen atoms in total. The highest BCUT2D eigenvalue weighted by Crippen LogP contribution is 2.45. The van der Waals surface area contributed by atoms with Crippen molar-refractivity contribution in [1.82, 2.24) is 14.7 Å². The monoisotopic (exact) mass is 453 g/mol. The van der Waals surface area contributed by atoms with E-state index in [2.05, 4.69) is 10.3 Å². The largest absolute Gasteiger partial charge is 0.416 e. The van der Waals surface area contributed by atoms with Gasteiger partial charge < -0.3 is 5.32 Å². The standard InChI is InChI=1S/C25H19F4N3O/c26-19-13-20(12-16-6-8-18(9-7-16)25(27,28)29)32-21(15-30-22(32)14-19)23(33)31-24(10-11-24)17-4-2-1-3-5-17/h1-9,13-15H,10-12H2,(H,31,33). The molecule has 2 aromatic carbocycles. The Labute approximate surface area is 186 Å². The van der Waals surface area contributed by atoms with E-state index in [9.17, 15) is 22.4 Å². The quantitative estimate of drug-likeness (QED) is 0.406. The molecule has 0 bridgehead atoms. The summed E-state index contributed by atoms with van der Waals surface area (Å²) < 4.78 is 54.4. The molecule has 2 heterocycles. The van der Waals surface area contributed by atoms with Gasteiger partial charge in [-0.05, 0) is 42.2 Å². The molecule has 168 valence electrons. The van der Waals surface area contributed by atoms with Crippen molar-refractivity contribution in [1.29, 1.82) is 0 Å². The number of nitrogens with zero attached hydrogens (tertiary/aromatic N) is 2. The van der Waals surface area contributed by atoms with Gasteiger partial charge in [0, 0.05) is 18.2 Å². The van der Waals surface area contributed by atoms with E-state index in [4.69, 9.17) is 0 Å². The van der Waals surface area contributed by atoms with Gasteiger partial charge in [-0.25, -0.2) is 9.37 Å². The summed E-state index contributed by atoms with van der Waals surface area (Å²) in [6, 6.07) is 16.9. The average Bonchev–Trinajstić information content (AvgIpc) is 3.43. The molecule has 0 radical (unpaired) electrons. The highest BCUT2D eigenvalue weighted by atomic mass is 19.4. The van der Waals surface area contributed by atoms with Crippen LogP contribution in [0.5, 0.6) is 0 Å². The van der Waals surface area contributed by atoms with Gasteiger partial charge in [0.05, 0.1) is 17.3 Å². The van der Waals surface area contributed by atoms with Gasteiger partial charge in [0.15, 0.2) is 0 Å². The second kappa shape index (κ2) is 7.72. The number of imidazole rings is 1. The van der Waals surface area contributed by atoms with Gasteiger partial charge in [-0.15, -0.1) is 0 Å². The van der Waals surface area contributed by atoms with Gasteiger partial charge in [0.25, 0.3) is 5.91 Å². The number of nitrogens with one attached hydrogen (secondary N) is 1. The molecule has 0 spiro atoms. The second-order valence-corrected chi connectivity index (χ2v) is 8.28. The van der Waals surface area contributed by atoms with E-state index < -0.39 is 23.1 Å². The molecule has 0 atom stereocenters. The Morgan fingerprint density at radius 3 is 2.36 bits per heavy atom. The van der Waals surface area contributed by atoms with Crippen molar-refractivity contribution < 1.29 is 22.4 Å². The zero-order valence-corrected chi connectivity index (χ0v) is 17.4. The predicted molar refractivity (Wildman–Crippen MR) is 114 cm³/mol. The summed E-state index contributed by atoms with van der Waals surface area (Å²) in [6.45, 7) is 0. The lowest BCUT2D eigenvalue weighted by atomic mass is 10.0. The van der Waals surface area contributed by atoms with Gasteiger partial charge in [0.2, 0.25) is 0 Å². The number of pyridine rings is 1. The van der Waals surface area contributed by atoms with Crippen LogP contribution in [-0.4, -0.2) is 15.3 Å². The van der Waals surface area contributed by atoms with Crippen molar-refractivity contribution in [2.45, 2.75) is 31.0 Å². The first kappa shape index (κ1) is 21.2. The third-order valence-corrected chi connectivity index (χ3v) is 5.98. The zero-order valence-electron chi connectivity index (χ0n) is 17.4. The minimum absolute atomic E-state index is 0.132. The number of fused-ring (bicyclic) bond motifs is 1. The fourth-order valence-electron chi connectivity index (χ4n) is 4.12. The minimum Gasteiger partial charge on any atom is -0.341 e. The van der Waals surface area contributed by atoms with E-state index in [0.717, 1.165) is 30.5 Å². The number of benzene rings is 2. The zero-order chi connectivity index (χ0) is 23.2. The van der Waals surface area contributed by atoms with Gasteiger partial charge in [0.1, 0.15) is 17.2 Å². The summed E-state index contributed by atoms with van der Waals surface area (Å²) in [5.41, 5.74) is 1.30. The topological polar surface area (TPSA) is 46.4 Å². The Morgan fingerprint density at radius 2 is 1.73 bits per heavy atom. The van der Waals surface area contributed by atoms with Crippen LogP contribution < -0.4 is 5.32 Å². The molecule has 1 N–H and O–H groups in total. The Kier molecular flexibility index (Phi) is 4.96. The van der Waals surface area contributed by atoms with Crippen LogP contribution in [0.2, 0.25) is 0 Å². The normalized spacial score (nSPS) is 14.9. The Balaban J connectivity index is 1.47. The van der Waals surface area contributed by atoms with E-state index in [-0.39, 0.29) is 23.7 Å². The van der Waals surface area contributed by atoms with Crippen LogP contribution in [0, 0.1) is 5.82 Å². The van der Waals surface area contributed by atoms with Crippen LogP contribution in [0.3, 0.4) is 0 Å². The Morgan fingerprint density at radius 1 is 1.03 bits per heavy atom. The highest BCUT2D eigenvalue weighted by Gasteiger charge is 2.46. The number of halogens is 4. The molecule has 1 fully saturated rings. The van der Waals surface area contributed by atoms with Crippen LogP contribution in [-0.2, 0) is 18.1 Å². The summed E-state index contributed by atoms with van der Waals surface area (Å²) in [5.74, 6) is -0.881. The van der Waals surface area contributed by atoms with E-state index in [1.807, 2.05) is 30.3 Å². The Bertz CT molecular complexity index is 1320.